The molecule has 1 unspecified atom stereocenters. The van der Waals surface area contributed by atoms with Crippen LogP contribution in [0.3, 0.4) is 0 Å². The standard InChI is InChI=1S/C18H26N2O2/c21-18(22)14-20(17-8-9-17)13-16-7-4-10-19(12-16)11-15-5-2-1-3-6-15/h1-3,5-6,16-17H,4,7-14H2,(H,21,22). The Hall–Kier alpha value is -1.39. The summed E-state index contributed by atoms with van der Waals surface area (Å²) in [7, 11) is 0. The predicted molar refractivity (Wildman–Crippen MR) is 86.7 cm³/mol. The van der Waals surface area contributed by atoms with E-state index in [0.29, 0.717) is 12.0 Å². The third-order valence-electron chi connectivity index (χ3n) is 4.75. The maximum atomic E-state index is 11.0. The van der Waals surface area contributed by atoms with Gasteiger partial charge < -0.3 is 5.11 Å². The van der Waals surface area contributed by atoms with Crippen molar-refractivity contribution in [2.45, 2.75) is 38.3 Å². The van der Waals surface area contributed by atoms with Gasteiger partial charge in [0.05, 0.1) is 6.54 Å². The fourth-order valence-corrected chi connectivity index (χ4v) is 3.57. The first-order chi connectivity index (χ1) is 10.7. The largest absolute Gasteiger partial charge is 0.480 e. The Morgan fingerprint density at radius 2 is 2.00 bits per heavy atom. The van der Waals surface area contributed by atoms with E-state index in [9.17, 15) is 4.79 Å². The number of piperidine rings is 1. The molecule has 0 aromatic heterocycles. The summed E-state index contributed by atoms with van der Waals surface area (Å²) in [6.45, 7) is 4.42. The second-order valence-corrected chi connectivity index (χ2v) is 6.78. The predicted octanol–water partition coefficient (Wildman–Crippen LogP) is 2.45. The van der Waals surface area contributed by atoms with Crippen LogP contribution in [-0.2, 0) is 11.3 Å². The molecule has 1 atom stereocenters. The van der Waals surface area contributed by atoms with Crippen LogP contribution in [0.5, 0.6) is 0 Å². The normalized spacial score (nSPS) is 22.9. The molecular weight excluding hydrogens is 276 g/mol. The zero-order valence-corrected chi connectivity index (χ0v) is 13.2. The van der Waals surface area contributed by atoms with Crippen molar-refractivity contribution in [1.82, 2.24) is 9.80 Å². The summed E-state index contributed by atoms with van der Waals surface area (Å²) in [5.74, 6) is -0.0822. The number of benzene rings is 1. The van der Waals surface area contributed by atoms with Gasteiger partial charge in [0.1, 0.15) is 0 Å². The highest BCUT2D eigenvalue weighted by molar-refractivity contribution is 5.69. The third-order valence-corrected chi connectivity index (χ3v) is 4.75. The Morgan fingerprint density at radius 3 is 2.68 bits per heavy atom. The lowest BCUT2D eigenvalue weighted by Crippen LogP contribution is -2.42. The maximum absolute atomic E-state index is 11.0. The minimum Gasteiger partial charge on any atom is -0.480 e. The summed E-state index contributed by atoms with van der Waals surface area (Å²) in [6, 6.07) is 11.1. The molecule has 3 rings (SSSR count). The summed E-state index contributed by atoms with van der Waals surface area (Å²) in [6.07, 6.45) is 4.80. The Morgan fingerprint density at radius 1 is 1.23 bits per heavy atom. The van der Waals surface area contributed by atoms with E-state index in [1.165, 1.54) is 31.2 Å². The Labute approximate surface area is 132 Å². The van der Waals surface area contributed by atoms with Crippen LogP contribution in [-0.4, -0.2) is 53.1 Å². The van der Waals surface area contributed by atoms with Crippen molar-refractivity contribution in [3.05, 3.63) is 35.9 Å². The average Bonchev–Trinajstić information content (AvgIpc) is 3.32. The molecule has 0 amide bonds. The lowest BCUT2D eigenvalue weighted by Gasteiger charge is -2.35. The molecule has 0 spiro atoms. The Bertz CT molecular complexity index is 487. The first-order valence-electron chi connectivity index (χ1n) is 8.43. The molecule has 2 fully saturated rings. The number of rotatable bonds is 7. The molecule has 4 nitrogen and oxygen atoms in total. The molecule has 1 aromatic rings. The van der Waals surface area contributed by atoms with Crippen molar-refractivity contribution in [3.63, 3.8) is 0 Å². The van der Waals surface area contributed by atoms with E-state index in [1.807, 2.05) is 0 Å². The number of carboxylic acids is 1. The van der Waals surface area contributed by atoms with Gasteiger partial charge in [-0.3, -0.25) is 14.6 Å². The van der Waals surface area contributed by atoms with Gasteiger partial charge in [-0.15, -0.1) is 0 Å². The van der Waals surface area contributed by atoms with E-state index < -0.39 is 5.97 Å². The van der Waals surface area contributed by atoms with Crippen LogP contribution in [0, 0.1) is 5.92 Å². The number of hydrogen-bond donors (Lipinski definition) is 1. The fourth-order valence-electron chi connectivity index (χ4n) is 3.57. The highest BCUT2D eigenvalue weighted by Gasteiger charge is 2.32. The molecule has 1 saturated heterocycles. The quantitative estimate of drug-likeness (QED) is 0.840. The van der Waals surface area contributed by atoms with Gasteiger partial charge in [0.2, 0.25) is 0 Å². The van der Waals surface area contributed by atoms with E-state index in [1.54, 1.807) is 0 Å². The van der Waals surface area contributed by atoms with Gasteiger partial charge in [-0.25, -0.2) is 0 Å². The molecule has 0 bridgehead atoms. The Balaban J connectivity index is 1.52. The van der Waals surface area contributed by atoms with Crippen molar-refractivity contribution in [3.8, 4) is 0 Å². The second kappa shape index (κ2) is 7.25. The van der Waals surface area contributed by atoms with Crippen LogP contribution < -0.4 is 0 Å². The zero-order valence-electron chi connectivity index (χ0n) is 13.2. The number of carbonyl (C=O) groups is 1. The first kappa shape index (κ1) is 15.5. The van der Waals surface area contributed by atoms with Crippen LogP contribution in [0.25, 0.3) is 0 Å². The topological polar surface area (TPSA) is 43.8 Å². The Kier molecular flexibility index (Phi) is 5.11. The number of carboxylic acid groups (broad SMARTS) is 1. The summed E-state index contributed by atoms with van der Waals surface area (Å²) in [5, 5.41) is 9.08. The van der Waals surface area contributed by atoms with Crippen LogP contribution in [0.2, 0.25) is 0 Å². The maximum Gasteiger partial charge on any atom is 0.317 e. The molecular formula is C18H26N2O2. The lowest BCUT2D eigenvalue weighted by atomic mass is 9.96. The fraction of sp³-hybridized carbons (Fsp3) is 0.611. The SMILES string of the molecule is O=C(O)CN(CC1CCCN(Cc2ccccc2)C1)C1CC1. The van der Waals surface area contributed by atoms with Crippen LogP contribution in [0.4, 0.5) is 0 Å². The highest BCUT2D eigenvalue weighted by Crippen LogP contribution is 2.29. The summed E-state index contributed by atoms with van der Waals surface area (Å²) in [5.41, 5.74) is 1.37. The van der Waals surface area contributed by atoms with Gasteiger partial charge in [0.15, 0.2) is 0 Å². The van der Waals surface area contributed by atoms with E-state index in [2.05, 4.69) is 40.1 Å². The smallest absolute Gasteiger partial charge is 0.317 e. The number of hydrogen-bond acceptors (Lipinski definition) is 3. The van der Waals surface area contributed by atoms with E-state index in [0.717, 1.165) is 26.2 Å². The van der Waals surface area contributed by atoms with E-state index in [4.69, 9.17) is 5.11 Å². The molecule has 22 heavy (non-hydrogen) atoms. The molecule has 4 heteroatoms. The molecule has 2 aliphatic rings. The van der Waals surface area contributed by atoms with Crippen molar-refractivity contribution >= 4 is 5.97 Å². The second-order valence-electron chi connectivity index (χ2n) is 6.78. The van der Waals surface area contributed by atoms with E-state index >= 15 is 0 Å². The van der Waals surface area contributed by atoms with Gasteiger partial charge in [-0.2, -0.15) is 0 Å². The van der Waals surface area contributed by atoms with Crippen molar-refractivity contribution in [2.24, 2.45) is 5.92 Å². The lowest BCUT2D eigenvalue weighted by molar-refractivity contribution is -0.138. The first-order valence-corrected chi connectivity index (χ1v) is 8.43. The van der Waals surface area contributed by atoms with Crippen molar-refractivity contribution in [1.29, 1.82) is 0 Å². The molecule has 1 N–H and O–H groups in total. The molecule has 0 radical (unpaired) electrons. The summed E-state index contributed by atoms with van der Waals surface area (Å²) >= 11 is 0. The third kappa shape index (κ3) is 4.55. The van der Waals surface area contributed by atoms with Crippen molar-refractivity contribution < 1.29 is 9.90 Å². The average molecular weight is 302 g/mol. The zero-order chi connectivity index (χ0) is 15.4. The van der Waals surface area contributed by atoms with Crippen LogP contribution in [0.15, 0.2) is 30.3 Å². The van der Waals surface area contributed by atoms with E-state index in [-0.39, 0.29) is 6.54 Å². The van der Waals surface area contributed by atoms with Gasteiger partial charge in [-0.05, 0) is 43.7 Å². The monoisotopic (exact) mass is 302 g/mol. The minimum atomic E-state index is -0.691. The molecule has 120 valence electrons. The molecule has 1 heterocycles. The van der Waals surface area contributed by atoms with Crippen LogP contribution in [0.1, 0.15) is 31.2 Å². The molecule has 1 aliphatic heterocycles. The minimum absolute atomic E-state index is 0.208. The molecule has 1 saturated carbocycles. The van der Waals surface area contributed by atoms with Gasteiger partial charge >= 0.3 is 5.97 Å². The molecule has 1 aromatic carbocycles. The van der Waals surface area contributed by atoms with Gasteiger partial charge in [0, 0.05) is 25.7 Å². The molecule has 1 aliphatic carbocycles. The summed E-state index contributed by atoms with van der Waals surface area (Å²) < 4.78 is 0. The number of aliphatic carboxylic acids is 1. The van der Waals surface area contributed by atoms with Crippen LogP contribution >= 0.6 is 0 Å². The van der Waals surface area contributed by atoms with Gasteiger partial charge in [-0.1, -0.05) is 30.3 Å². The summed E-state index contributed by atoms with van der Waals surface area (Å²) in [4.78, 5) is 15.8. The van der Waals surface area contributed by atoms with Crippen molar-refractivity contribution in [2.75, 3.05) is 26.2 Å². The number of nitrogens with zero attached hydrogens (tertiary/aromatic N) is 2. The highest BCUT2D eigenvalue weighted by atomic mass is 16.4. The van der Waals surface area contributed by atoms with Gasteiger partial charge in [0.25, 0.3) is 0 Å². The number of likely N-dealkylation sites (tertiary alicyclic amines) is 1.